The zero-order valence-electron chi connectivity index (χ0n) is 12.9. The second-order valence-corrected chi connectivity index (χ2v) is 5.66. The van der Waals surface area contributed by atoms with Crippen LogP contribution in [-0.4, -0.2) is 29.1 Å². The van der Waals surface area contributed by atoms with Crippen molar-refractivity contribution >= 4 is 5.91 Å². The van der Waals surface area contributed by atoms with E-state index >= 15 is 0 Å². The molecule has 122 valence electrons. The number of carbonyl (C=O) groups is 1. The van der Waals surface area contributed by atoms with Gasteiger partial charge in [0.1, 0.15) is 11.9 Å². The molecule has 3 rings (SSSR count). The molecule has 7 heteroatoms. The number of piperidine rings is 1. The van der Waals surface area contributed by atoms with Gasteiger partial charge >= 0.3 is 0 Å². The molecular weight excluding hydrogens is 299 g/mol. The van der Waals surface area contributed by atoms with Crippen LogP contribution in [0.25, 0.3) is 0 Å². The van der Waals surface area contributed by atoms with Gasteiger partial charge in [0.25, 0.3) is 0 Å². The average Bonchev–Trinajstić information content (AvgIpc) is 3.00. The number of benzene rings is 1. The van der Waals surface area contributed by atoms with Crippen LogP contribution in [0.1, 0.15) is 36.2 Å². The number of rotatable bonds is 4. The van der Waals surface area contributed by atoms with Crippen LogP contribution in [0.15, 0.2) is 28.8 Å². The van der Waals surface area contributed by atoms with E-state index in [-0.39, 0.29) is 17.6 Å². The molecule has 2 N–H and O–H groups in total. The molecule has 2 aromatic rings. The predicted octanol–water partition coefficient (Wildman–Crippen LogP) is 1.72. The van der Waals surface area contributed by atoms with E-state index in [0.29, 0.717) is 11.5 Å². The summed E-state index contributed by atoms with van der Waals surface area (Å²) in [6, 6.07) is 5.54. The fourth-order valence-corrected chi connectivity index (χ4v) is 2.77. The minimum atomic E-state index is -0.754. The molecule has 1 atom stereocenters. The third-order valence-corrected chi connectivity index (χ3v) is 4.01. The van der Waals surface area contributed by atoms with Crippen LogP contribution in [0.4, 0.5) is 4.39 Å². The van der Waals surface area contributed by atoms with Crippen molar-refractivity contribution in [2.75, 3.05) is 13.1 Å². The molecule has 0 spiro atoms. The molecule has 1 aromatic carbocycles. The Hall–Kier alpha value is -2.28. The highest BCUT2D eigenvalue weighted by molar-refractivity contribution is 5.79. The first kappa shape index (κ1) is 15.6. The number of nitrogens with one attached hydrogen (secondary N) is 2. The summed E-state index contributed by atoms with van der Waals surface area (Å²) in [5.41, 5.74) is 0.329. The molecule has 0 saturated carbocycles. The quantitative estimate of drug-likeness (QED) is 0.897. The SMILES string of the molecule is Cc1nc([C@@H](NC(=O)C2CCNCC2)c2ccccc2F)no1. The first-order valence-electron chi connectivity index (χ1n) is 7.71. The van der Waals surface area contributed by atoms with Crippen molar-refractivity contribution in [2.45, 2.75) is 25.8 Å². The molecule has 1 aliphatic heterocycles. The lowest BCUT2D eigenvalue weighted by Gasteiger charge is -2.24. The number of nitrogens with zero attached hydrogens (tertiary/aromatic N) is 2. The number of aromatic nitrogens is 2. The Morgan fingerprint density at radius 1 is 1.39 bits per heavy atom. The normalized spacial score (nSPS) is 17.0. The molecule has 23 heavy (non-hydrogen) atoms. The Bertz CT molecular complexity index is 682. The number of carbonyl (C=O) groups excluding carboxylic acids is 1. The maximum atomic E-state index is 14.2. The van der Waals surface area contributed by atoms with E-state index in [1.54, 1.807) is 25.1 Å². The molecule has 1 aromatic heterocycles. The van der Waals surface area contributed by atoms with Gasteiger partial charge in [-0.05, 0) is 32.0 Å². The lowest BCUT2D eigenvalue weighted by atomic mass is 9.96. The van der Waals surface area contributed by atoms with Crippen LogP contribution in [0.5, 0.6) is 0 Å². The maximum absolute atomic E-state index is 14.2. The lowest BCUT2D eigenvalue weighted by Crippen LogP contribution is -2.40. The van der Waals surface area contributed by atoms with Gasteiger partial charge in [0.15, 0.2) is 5.82 Å². The van der Waals surface area contributed by atoms with Gasteiger partial charge in [-0.15, -0.1) is 0 Å². The number of hydrogen-bond donors (Lipinski definition) is 2. The topological polar surface area (TPSA) is 80.0 Å². The highest BCUT2D eigenvalue weighted by Crippen LogP contribution is 2.24. The lowest BCUT2D eigenvalue weighted by molar-refractivity contribution is -0.126. The maximum Gasteiger partial charge on any atom is 0.224 e. The van der Waals surface area contributed by atoms with E-state index in [4.69, 9.17) is 4.52 Å². The Labute approximate surface area is 133 Å². The number of aryl methyl sites for hydroxylation is 1. The molecular formula is C16H19FN4O2. The molecule has 0 aliphatic carbocycles. The van der Waals surface area contributed by atoms with Crippen molar-refractivity contribution in [1.82, 2.24) is 20.8 Å². The third kappa shape index (κ3) is 3.56. The van der Waals surface area contributed by atoms with Gasteiger partial charge in [-0.1, -0.05) is 23.4 Å². The zero-order chi connectivity index (χ0) is 16.2. The highest BCUT2D eigenvalue weighted by atomic mass is 19.1. The molecule has 1 saturated heterocycles. The van der Waals surface area contributed by atoms with Gasteiger partial charge in [0.2, 0.25) is 11.8 Å². The molecule has 0 radical (unpaired) electrons. The third-order valence-electron chi connectivity index (χ3n) is 4.01. The van der Waals surface area contributed by atoms with Gasteiger partial charge in [-0.2, -0.15) is 4.98 Å². The number of hydrogen-bond acceptors (Lipinski definition) is 5. The van der Waals surface area contributed by atoms with Gasteiger partial charge in [0, 0.05) is 18.4 Å². The van der Waals surface area contributed by atoms with Gasteiger partial charge in [-0.25, -0.2) is 4.39 Å². The summed E-state index contributed by atoms with van der Waals surface area (Å²) in [4.78, 5) is 16.7. The summed E-state index contributed by atoms with van der Waals surface area (Å²) in [5, 5.41) is 9.95. The van der Waals surface area contributed by atoms with Crippen molar-refractivity contribution in [3.63, 3.8) is 0 Å². The average molecular weight is 318 g/mol. The Balaban J connectivity index is 1.86. The van der Waals surface area contributed by atoms with Crippen molar-refractivity contribution in [1.29, 1.82) is 0 Å². The van der Waals surface area contributed by atoms with Crippen molar-refractivity contribution in [2.24, 2.45) is 5.92 Å². The second kappa shape index (κ2) is 6.87. The molecule has 2 heterocycles. The van der Waals surface area contributed by atoms with E-state index in [1.165, 1.54) is 6.07 Å². The van der Waals surface area contributed by atoms with Crippen molar-refractivity contribution in [3.8, 4) is 0 Å². The van der Waals surface area contributed by atoms with E-state index in [0.717, 1.165) is 25.9 Å². The zero-order valence-corrected chi connectivity index (χ0v) is 12.9. The minimum absolute atomic E-state index is 0.0847. The van der Waals surface area contributed by atoms with Gasteiger partial charge < -0.3 is 15.2 Å². The Morgan fingerprint density at radius 3 is 2.78 bits per heavy atom. The van der Waals surface area contributed by atoms with E-state index < -0.39 is 11.9 Å². The molecule has 6 nitrogen and oxygen atoms in total. The molecule has 1 amide bonds. The summed E-state index contributed by atoms with van der Waals surface area (Å²) >= 11 is 0. The fraction of sp³-hybridized carbons (Fsp3) is 0.438. The standard InChI is InChI=1S/C16H19FN4O2/c1-10-19-15(21-23-10)14(12-4-2-3-5-13(12)17)20-16(22)11-6-8-18-9-7-11/h2-5,11,14,18H,6-9H2,1H3,(H,20,22)/t14-/m0/s1. The van der Waals surface area contributed by atoms with E-state index in [2.05, 4.69) is 20.8 Å². The monoisotopic (exact) mass is 318 g/mol. The Morgan fingerprint density at radius 2 is 2.13 bits per heavy atom. The number of amides is 1. The smallest absolute Gasteiger partial charge is 0.224 e. The van der Waals surface area contributed by atoms with E-state index in [9.17, 15) is 9.18 Å². The first-order valence-corrected chi connectivity index (χ1v) is 7.71. The van der Waals surface area contributed by atoms with Crippen LogP contribution in [0.2, 0.25) is 0 Å². The summed E-state index contributed by atoms with van der Waals surface area (Å²) in [5.74, 6) is 0.0265. The van der Waals surface area contributed by atoms with Crippen molar-refractivity contribution < 1.29 is 13.7 Å². The fourth-order valence-electron chi connectivity index (χ4n) is 2.77. The molecule has 0 bridgehead atoms. The van der Waals surface area contributed by atoms with Crippen LogP contribution >= 0.6 is 0 Å². The molecule has 1 fully saturated rings. The summed E-state index contributed by atoms with van der Waals surface area (Å²) in [7, 11) is 0. The summed E-state index contributed by atoms with van der Waals surface area (Å²) < 4.78 is 19.2. The molecule has 0 unspecified atom stereocenters. The van der Waals surface area contributed by atoms with Gasteiger partial charge in [0.05, 0.1) is 0 Å². The largest absolute Gasteiger partial charge is 0.342 e. The first-order chi connectivity index (χ1) is 11.1. The second-order valence-electron chi connectivity index (χ2n) is 5.66. The van der Waals surface area contributed by atoms with Crippen LogP contribution in [0, 0.1) is 18.7 Å². The summed E-state index contributed by atoms with van der Waals surface area (Å²) in [6.45, 7) is 3.27. The highest BCUT2D eigenvalue weighted by Gasteiger charge is 2.28. The van der Waals surface area contributed by atoms with Crippen molar-refractivity contribution in [3.05, 3.63) is 47.4 Å². The summed E-state index contributed by atoms with van der Waals surface area (Å²) in [6.07, 6.45) is 1.53. The minimum Gasteiger partial charge on any atom is -0.342 e. The van der Waals surface area contributed by atoms with Crippen LogP contribution < -0.4 is 10.6 Å². The van der Waals surface area contributed by atoms with Crippen LogP contribution in [-0.2, 0) is 4.79 Å². The predicted molar refractivity (Wildman–Crippen MR) is 81.0 cm³/mol. The number of halogens is 1. The molecule has 1 aliphatic rings. The van der Waals surface area contributed by atoms with E-state index in [1.807, 2.05) is 0 Å². The Kier molecular flexibility index (Phi) is 4.66. The van der Waals surface area contributed by atoms with Gasteiger partial charge in [-0.3, -0.25) is 4.79 Å². The van der Waals surface area contributed by atoms with Crippen LogP contribution in [0.3, 0.4) is 0 Å².